The third kappa shape index (κ3) is 6.24. The molecule has 1 fully saturated rings. The molecule has 0 radical (unpaired) electrons. The van der Waals surface area contributed by atoms with Gasteiger partial charge in [0.15, 0.2) is 6.10 Å². The van der Waals surface area contributed by atoms with Crippen molar-refractivity contribution < 1.29 is 27.9 Å². The van der Waals surface area contributed by atoms with Crippen LogP contribution in [0.2, 0.25) is 0 Å². The van der Waals surface area contributed by atoms with Gasteiger partial charge >= 0.3 is 5.97 Å². The van der Waals surface area contributed by atoms with E-state index < -0.39 is 40.6 Å². The van der Waals surface area contributed by atoms with Gasteiger partial charge < -0.3 is 15.4 Å². The summed E-state index contributed by atoms with van der Waals surface area (Å²) in [6, 6.07) is 2.75. The summed E-state index contributed by atoms with van der Waals surface area (Å²) in [6.07, 6.45) is 1.38. The summed E-state index contributed by atoms with van der Waals surface area (Å²) >= 11 is 0. The number of anilines is 1. The van der Waals surface area contributed by atoms with Crippen molar-refractivity contribution in [3.8, 4) is 0 Å². The van der Waals surface area contributed by atoms with Crippen molar-refractivity contribution in [2.24, 2.45) is 5.41 Å². The molecule has 0 aliphatic heterocycles. The normalized spacial score (nSPS) is 16.8. The van der Waals surface area contributed by atoms with Crippen LogP contribution in [-0.4, -0.2) is 29.4 Å². The highest BCUT2D eigenvalue weighted by Crippen LogP contribution is 2.42. The first-order chi connectivity index (χ1) is 13.4. The van der Waals surface area contributed by atoms with E-state index in [9.17, 15) is 23.2 Å². The van der Waals surface area contributed by atoms with Crippen LogP contribution in [0.1, 0.15) is 59.8 Å². The summed E-state index contributed by atoms with van der Waals surface area (Å²) in [6.45, 7) is 6.93. The van der Waals surface area contributed by atoms with E-state index in [4.69, 9.17) is 4.74 Å². The number of esters is 1. The van der Waals surface area contributed by atoms with E-state index in [2.05, 4.69) is 10.6 Å². The largest absolute Gasteiger partial charge is 0.452 e. The van der Waals surface area contributed by atoms with Crippen molar-refractivity contribution >= 4 is 23.5 Å². The molecule has 0 aromatic heterocycles. The monoisotopic (exact) mass is 410 g/mol. The van der Waals surface area contributed by atoms with Crippen molar-refractivity contribution in [1.82, 2.24) is 5.32 Å². The summed E-state index contributed by atoms with van der Waals surface area (Å²) in [5.41, 5.74) is -1.60. The Kier molecular flexibility index (Phi) is 6.97. The quantitative estimate of drug-likeness (QED) is 0.701. The Morgan fingerprint density at radius 1 is 1.17 bits per heavy atom. The number of amides is 2. The van der Waals surface area contributed by atoms with Crippen LogP contribution >= 0.6 is 0 Å². The summed E-state index contributed by atoms with van der Waals surface area (Å²) < 4.78 is 32.0. The first kappa shape index (κ1) is 22.8. The number of carbonyl (C=O) groups is 3. The minimum Gasteiger partial charge on any atom is -0.452 e. The molecule has 29 heavy (non-hydrogen) atoms. The van der Waals surface area contributed by atoms with Gasteiger partial charge in [0.25, 0.3) is 5.91 Å². The number of halogens is 2. The smallest absolute Gasteiger partial charge is 0.313 e. The zero-order valence-electron chi connectivity index (χ0n) is 17.2. The predicted octanol–water partition coefficient (Wildman–Crippen LogP) is 3.70. The summed E-state index contributed by atoms with van der Waals surface area (Å²) in [5.74, 6) is -3.29. The fraction of sp³-hybridized carbons (Fsp3) is 0.571. The fourth-order valence-corrected chi connectivity index (χ4v) is 3.44. The maximum Gasteiger partial charge on any atom is 0.313 e. The third-order valence-electron chi connectivity index (χ3n) is 4.85. The van der Waals surface area contributed by atoms with Gasteiger partial charge in [-0.1, -0.05) is 12.8 Å². The van der Waals surface area contributed by atoms with E-state index in [1.54, 1.807) is 0 Å². The molecule has 0 spiro atoms. The predicted molar refractivity (Wildman–Crippen MR) is 104 cm³/mol. The van der Waals surface area contributed by atoms with Crippen molar-refractivity contribution in [1.29, 1.82) is 0 Å². The van der Waals surface area contributed by atoms with Gasteiger partial charge in [0, 0.05) is 18.0 Å². The van der Waals surface area contributed by atoms with Gasteiger partial charge in [-0.25, -0.2) is 8.78 Å². The number of nitrogens with one attached hydrogen (secondary N) is 2. The van der Waals surface area contributed by atoms with Crippen molar-refractivity contribution in [3.05, 3.63) is 29.8 Å². The van der Waals surface area contributed by atoms with Crippen molar-refractivity contribution in [2.45, 2.75) is 71.4 Å². The van der Waals surface area contributed by atoms with E-state index in [1.807, 2.05) is 20.8 Å². The average molecular weight is 410 g/mol. The van der Waals surface area contributed by atoms with Crippen LogP contribution in [0.3, 0.4) is 0 Å². The Morgan fingerprint density at radius 2 is 1.79 bits per heavy atom. The highest BCUT2D eigenvalue weighted by atomic mass is 19.1. The van der Waals surface area contributed by atoms with E-state index in [0.717, 1.165) is 25.0 Å². The minimum atomic E-state index is -1.20. The zero-order chi connectivity index (χ0) is 21.8. The molecule has 2 amide bonds. The van der Waals surface area contributed by atoms with Gasteiger partial charge in [0.05, 0.1) is 11.1 Å². The topological polar surface area (TPSA) is 84.5 Å². The molecule has 0 heterocycles. The molecule has 0 bridgehead atoms. The Balaban J connectivity index is 2.03. The standard InChI is InChI=1S/C21H28F2N2O4/c1-13(18(27)24-16-8-7-14(22)11-15(16)23)29-19(28)21(9-5-6-10-21)12-17(26)25-20(2,3)4/h7-8,11,13H,5-6,9-10,12H2,1-4H3,(H,24,27)(H,25,26)/t13-/m1/s1. The highest BCUT2D eigenvalue weighted by Gasteiger charge is 2.45. The van der Waals surface area contributed by atoms with Gasteiger partial charge in [-0.3, -0.25) is 14.4 Å². The molecule has 1 atom stereocenters. The van der Waals surface area contributed by atoms with Gasteiger partial charge in [-0.2, -0.15) is 0 Å². The molecule has 8 heteroatoms. The third-order valence-corrected chi connectivity index (χ3v) is 4.85. The van der Waals surface area contributed by atoms with E-state index in [0.29, 0.717) is 18.9 Å². The van der Waals surface area contributed by atoms with Crippen LogP contribution < -0.4 is 10.6 Å². The number of ether oxygens (including phenoxy) is 1. The summed E-state index contributed by atoms with van der Waals surface area (Å²) in [7, 11) is 0. The van der Waals surface area contributed by atoms with Crippen LogP contribution in [0, 0.1) is 17.0 Å². The molecule has 1 aliphatic carbocycles. The molecular weight excluding hydrogens is 382 g/mol. The second-order valence-electron chi connectivity index (χ2n) is 8.62. The van der Waals surface area contributed by atoms with Crippen LogP contribution in [0.15, 0.2) is 18.2 Å². The van der Waals surface area contributed by atoms with Crippen LogP contribution in [0.5, 0.6) is 0 Å². The van der Waals surface area contributed by atoms with E-state index >= 15 is 0 Å². The number of rotatable bonds is 6. The molecule has 0 unspecified atom stereocenters. The molecule has 2 N–H and O–H groups in total. The molecule has 160 valence electrons. The van der Waals surface area contributed by atoms with Crippen molar-refractivity contribution in [2.75, 3.05) is 5.32 Å². The second kappa shape index (κ2) is 8.88. The maximum absolute atomic E-state index is 13.7. The molecule has 1 aliphatic rings. The first-order valence-electron chi connectivity index (χ1n) is 9.70. The Bertz CT molecular complexity index is 783. The SMILES string of the molecule is C[C@@H](OC(=O)C1(CC(=O)NC(C)(C)C)CCCC1)C(=O)Nc1ccc(F)cc1F. The number of hydrogen-bond acceptors (Lipinski definition) is 4. The van der Waals surface area contributed by atoms with Gasteiger partial charge in [0.2, 0.25) is 5.91 Å². The summed E-state index contributed by atoms with van der Waals surface area (Å²) in [5, 5.41) is 5.13. The highest BCUT2D eigenvalue weighted by molar-refractivity contribution is 5.96. The summed E-state index contributed by atoms with van der Waals surface area (Å²) in [4.78, 5) is 37.5. The second-order valence-corrected chi connectivity index (χ2v) is 8.62. The Morgan fingerprint density at radius 3 is 2.34 bits per heavy atom. The zero-order valence-corrected chi connectivity index (χ0v) is 17.2. The lowest BCUT2D eigenvalue weighted by Crippen LogP contribution is -2.45. The average Bonchev–Trinajstić information content (AvgIpc) is 3.05. The maximum atomic E-state index is 13.7. The van der Waals surface area contributed by atoms with E-state index in [-0.39, 0.29) is 18.0 Å². The van der Waals surface area contributed by atoms with Gasteiger partial charge in [-0.15, -0.1) is 0 Å². The molecule has 1 aromatic rings. The number of benzene rings is 1. The number of carbonyl (C=O) groups excluding carboxylic acids is 3. The van der Waals surface area contributed by atoms with Gasteiger partial charge in [-0.05, 0) is 52.7 Å². The first-order valence-corrected chi connectivity index (χ1v) is 9.70. The van der Waals surface area contributed by atoms with E-state index in [1.165, 1.54) is 6.92 Å². The molecule has 6 nitrogen and oxygen atoms in total. The minimum absolute atomic E-state index is 0.00989. The Labute approximate surface area is 169 Å². The lowest BCUT2D eigenvalue weighted by Gasteiger charge is -2.29. The van der Waals surface area contributed by atoms with Gasteiger partial charge in [0.1, 0.15) is 11.6 Å². The molecule has 1 saturated carbocycles. The van der Waals surface area contributed by atoms with Crippen molar-refractivity contribution in [3.63, 3.8) is 0 Å². The Hall–Kier alpha value is -2.51. The fourth-order valence-electron chi connectivity index (χ4n) is 3.44. The lowest BCUT2D eigenvalue weighted by atomic mass is 9.82. The molecule has 0 saturated heterocycles. The lowest BCUT2D eigenvalue weighted by molar-refractivity contribution is -0.165. The molecule has 2 rings (SSSR count). The van der Waals surface area contributed by atoms with Crippen LogP contribution in [0.4, 0.5) is 14.5 Å². The molecule has 1 aromatic carbocycles. The van der Waals surface area contributed by atoms with Crippen LogP contribution in [0.25, 0.3) is 0 Å². The van der Waals surface area contributed by atoms with Crippen LogP contribution in [-0.2, 0) is 19.1 Å². The molecular formula is C21H28F2N2O4. The number of hydrogen-bond donors (Lipinski definition) is 2.